The van der Waals surface area contributed by atoms with Crippen LogP contribution in [0.15, 0.2) is 24.3 Å². The van der Waals surface area contributed by atoms with Gasteiger partial charge in [-0.05, 0) is 30.0 Å². The van der Waals surface area contributed by atoms with Gasteiger partial charge in [-0.2, -0.15) is 0 Å². The van der Waals surface area contributed by atoms with Crippen molar-refractivity contribution >= 4 is 5.97 Å². The third-order valence-electron chi connectivity index (χ3n) is 2.71. The summed E-state index contributed by atoms with van der Waals surface area (Å²) in [6, 6.07) is 7.88. The third-order valence-corrected chi connectivity index (χ3v) is 2.71. The van der Waals surface area contributed by atoms with E-state index in [0.717, 1.165) is 17.7 Å². The molecule has 80 valence electrons. The van der Waals surface area contributed by atoms with E-state index in [2.05, 4.69) is 0 Å². The Balaban J connectivity index is 2.17. The molecule has 15 heavy (non-hydrogen) atoms. The van der Waals surface area contributed by atoms with Crippen molar-refractivity contribution in [1.82, 2.24) is 0 Å². The van der Waals surface area contributed by atoms with Gasteiger partial charge in [-0.25, -0.2) is 0 Å². The maximum absolute atomic E-state index is 11.1. The third kappa shape index (κ3) is 2.29. The van der Waals surface area contributed by atoms with E-state index in [4.69, 9.17) is 9.47 Å². The molecule has 0 spiro atoms. The highest BCUT2D eigenvalue weighted by molar-refractivity contribution is 5.71. The van der Waals surface area contributed by atoms with Crippen LogP contribution >= 0.6 is 0 Å². The zero-order valence-corrected chi connectivity index (χ0v) is 8.73. The number of hydrogen-bond donors (Lipinski definition) is 0. The van der Waals surface area contributed by atoms with Gasteiger partial charge < -0.3 is 9.47 Å². The van der Waals surface area contributed by atoms with Crippen molar-refractivity contribution in [3.63, 3.8) is 0 Å². The number of esters is 1. The van der Waals surface area contributed by atoms with Crippen LogP contribution in [0.25, 0.3) is 0 Å². The molecular formula is C12H14O3. The number of carbonyl (C=O) groups excluding carboxylic acids is 1. The van der Waals surface area contributed by atoms with Crippen LogP contribution in [0.3, 0.4) is 0 Å². The number of benzene rings is 1. The van der Waals surface area contributed by atoms with Crippen LogP contribution in [0.5, 0.6) is 5.75 Å². The summed E-state index contributed by atoms with van der Waals surface area (Å²) in [6.45, 7) is 0.528. The van der Waals surface area contributed by atoms with Crippen molar-refractivity contribution in [2.75, 3.05) is 13.7 Å². The predicted octanol–water partition coefficient (Wildman–Crippen LogP) is 2.12. The molecule has 3 nitrogen and oxygen atoms in total. The number of cyclic esters (lactones) is 1. The first-order valence-corrected chi connectivity index (χ1v) is 5.09. The second-order valence-electron chi connectivity index (χ2n) is 3.69. The zero-order valence-electron chi connectivity index (χ0n) is 8.73. The smallest absolute Gasteiger partial charge is 0.306 e. The van der Waals surface area contributed by atoms with Crippen LogP contribution in [0.1, 0.15) is 24.3 Å². The lowest BCUT2D eigenvalue weighted by Gasteiger charge is -2.21. The molecule has 1 saturated heterocycles. The maximum atomic E-state index is 11.1. The van der Waals surface area contributed by atoms with Gasteiger partial charge in [0.15, 0.2) is 0 Å². The Morgan fingerprint density at radius 1 is 1.47 bits per heavy atom. The van der Waals surface area contributed by atoms with Gasteiger partial charge in [0.1, 0.15) is 5.75 Å². The lowest BCUT2D eigenvalue weighted by atomic mass is 9.91. The van der Waals surface area contributed by atoms with Gasteiger partial charge in [0.05, 0.1) is 20.1 Å². The Morgan fingerprint density at radius 2 is 2.33 bits per heavy atom. The number of methoxy groups -OCH3 is 1. The normalized spacial score (nSPS) is 20.9. The molecule has 0 aliphatic carbocycles. The summed E-state index contributed by atoms with van der Waals surface area (Å²) in [5.41, 5.74) is 1.16. The molecule has 0 amide bonds. The highest BCUT2D eigenvalue weighted by atomic mass is 16.5. The summed E-state index contributed by atoms with van der Waals surface area (Å²) in [5, 5.41) is 0. The Labute approximate surface area is 89.0 Å². The number of rotatable bonds is 2. The molecule has 1 atom stereocenters. The number of hydrogen-bond acceptors (Lipinski definition) is 3. The fourth-order valence-electron chi connectivity index (χ4n) is 1.86. The largest absolute Gasteiger partial charge is 0.497 e. The summed E-state index contributed by atoms with van der Waals surface area (Å²) in [7, 11) is 1.65. The Kier molecular flexibility index (Phi) is 2.90. The predicted molar refractivity (Wildman–Crippen MR) is 55.9 cm³/mol. The van der Waals surface area contributed by atoms with Crippen LogP contribution in [-0.2, 0) is 9.53 Å². The summed E-state index contributed by atoms with van der Waals surface area (Å²) in [4.78, 5) is 11.1. The highest BCUT2D eigenvalue weighted by Gasteiger charge is 2.22. The molecule has 1 aliphatic heterocycles. The Hall–Kier alpha value is -1.51. The van der Waals surface area contributed by atoms with Crippen molar-refractivity contribution in [2.24, 2.45) is 0 Å². The SMILES string of the molecule is COc1cccc([C@@H]2CCOC(=O)C2)c1. The number of carbonyl (C=O) groups is 1. The van der Waals surface area contributed by atoms with Gasteiger partial charge in [-0.1, -0.05) is 12.1 Å². The van der Waals surface area contributed by atoms with Crippen LogP contribution < -0.4 is 4.74 Å². The fourth-order valence-corrected chi connectivity index (χ4v) is 1.86. The highest BCUT2D eigenvalue weighted by Crippen LogP contribution is 2.29. The number of ether oxygens (including phenoxy) is 2. The summed E-state index contributed by atoms with van der Waals surface area (Å²) >= 11 is 0. The molecular weight excluding hydrogens is 192 g/mol. The maximum Gasteiger partial charge on any atom is 0.306 e. The summed E-state index contributed by atoms with van der Waals surface area (Å²) in [6.07, 6.45) is 1.38. The van der Waals surface area contributed by atoms with E-state index in [1.807, 2.05) is 24.3 Å². The molecule has 0 radical (unpaired) electrons. The monoisotopic (exact) mass is 206 g/mol. The van der Waals surface area contributed by atoms with E-state index in [-0.39, 0.29) is 11.9 Å². The van der Waals surface area contributed by atoms with Crippen molar-refractivity contribution in [2.45, 2.75) is 18.8 Å². The molecule has 1 aromatic rings. The summed E-state index contributed by atoms with van der Waals surface area (Å²) in [5.74, 6) is 1.02. The molecule has 3 heteroatoms. The van der Waals surface area contributed by atoms with Crippen molar-refractivity contribution in [1.29, 1.82) is 0 Å². The van der Waals surface area contributed by atoms with Crippen LogP contribution in [0.2, 0.25) is 0 Å². The van der Waals surface area contributed by atoms with Gasteiger partial charge in [0.25, 0.3) is 0 Å². The van der Waals surface area contributed by atoms with Crippen molar-refractivity contribution < 1.29 is 14.3 Å². The minimum Gasteiger partial charge on any atom is -0.497 e. The fraction of sp³-hybridized carbons (Fsp3) is 0.417. The van der Waals surface area contributed by atoms with Gasteiger partial charge in [0.2, 0.25) is 0 Å². The van der Waals surface area contributed by atoms with E-state index < -0.39 is 0 Å². The molecule has 0 bridgehead atoms. The van der Waals surface area contributed by atoms with Gasteiger partial charge >= 0.3 is 5.97 Å². The second kappa shape index (κ2) is 4.34. The standard InChI is InChI=1S/C12H14O3/c1-14-11-4-2-3-9(7-11)10-5-6-15-12(13)8-10/h2-4,7,10H,5-6,8H2,1H3/t10-/m1/s1. The topological polar surface area (TPSA) is 35.5 Å². The lowest BCUT2D eigenvalue weighted by molar-refractivity contribution is -0.147. The molecule has 1 aromatic carbocycles. The van der Waals surface area contributed by atoms with Gasteiger partial charge in [-0.3, -0.25) is 4.79 Å². The van der Waals surface area contributed by atoms with E-state index in [1.165, 1.54) is 0 Å². The van der Waals surface area contributed by atoms with Gasteiger partial charge in [-0.15, -0.1) is 0 Å². The molecule has 0 unspecified atom stereocenters. The van der Waals surface area contributed by atoms with Crippen LogP contribution in [0.4, 0.5) is 0 Å². The van der Waals surface area contributed by atoms with E-state index in [9.17, 15) is 4.79 Å². The molecule has 2 rings (SSSR count). The van der Waals surface area contributed by atoms with Crippen LogP contribution in [0, 0.1) is 0 Å². The molecule has 1 heterocycles. The zero-order chi connectivity index (χ0) is 10.7. The van der Waals surface area contributed by atoms with Crippen LogP contribution in [-0.4, -0.2) is 19.7 Å². The average Bonchev–Trinajstić information content (AvgIpc) is 2.29. The van der Waals surface area contributed by atoms with E-state index in [1.54, 1.807) is 7.11 Å². The lowest BCUT2D eigenvalue weighted by Crippen LogP contribution is -2.19. The van der Waals surface area contributed by atoms with Crippen molar-refractivity contribution in [3.8, 4) is 5.75 Å². The second-order valence-corrected chi connectivity index (χ2v) is 3.69. The molecule has 0 saturated carbocycles. The molecule has 0 aromatic heterocycles. The van der Waals surface area contributed by atoms with E-state index >= 15 is 0 Å². The first kappa shape index (κ1) is 10.0. The van der Waals surface area contributed by atoms with Crippen molar-refractivity contribution in [3.05, 3.63) is 29.8 Å². The van der Waals surface area contributed by atoms with Gasteiger partial charge in [0, 0.05) is 0 Å². The minimum atomic E-state index is -0.103. The average molecular weight is 206 g/mol. The minimum absolute atomic E-state index is 0.103. The first-order valence-electron chi connectivity index (χ1n) is 5.09. The van der Waals surface area contributed by atoms with E-state index in [0.29, 0.717) is 13.0 Å². The summed E-state index contributed by atoms with van der Waals surface area (Å²) < 4.78 is 10.1. The molecule has 1 fully saturated rings. The first-order chi connectivity index (χ1) is 7.29. The molecule has 0 N–H and O–H groups in total. The quantitative estimate of drug-likeness (QED) is 0.695. The molecule has 1 aliphatic rings. The Bertz CT molecular complexity index is 360. The Morgan fingerprint density at radius 3 is 3.07 bits per heavy atom.